The maximum absolute atomic E-state index is 8.46. The van der Waals surface area contributed by atoms with Gasteiger partial charge in [0.1, 0.15) is 0 Å². The van der Waals surface area contributed by atoms with Gasteiger partial charge in [-0.15, -0.1) is 0 Å². The third-order valence-electron chi connectivity index (χ3n) is 0. The van der Waals surface area contributed by atoms with Crippen LogP contribution in [-0.2, 0) is 7.61 Å². The Kier molecular flexibility index (Phi) is 94.8. The monoisotopic (exact) mass is 182 g/mol. The Morgan fingerprint density at radius 3 is 1.00 bits per heavy atom. The molecule has 0 aromatic carbocycles. The molecule has 0 aliphatic heterocycles. The molecule has 0 aromatic heterocycles. The molecule has 0 aliphatic carbocycles. The topological polar surface area (TPSA) is 80.3 Å². The summed E-state index contributed by atoms with van der Waals surface area (Å²) in [6.07, 6.45) is 0. The molecule has 0 amide bonds. The van der Waals surface area contributed by atoms with Gasteiger partial charge in [-0.25, -0.2) is 0 Å². The summed E-state index contributed by atoms with van der Waals surface area (Å²) in [6.45, 7) is 0. The van der Waals surface area contributed by atoms with Crippen molar-refractivity contribution in [2.24, 2.45) is 0 Å². The Bertz CT molecular complexity index is 35.0. The van der Waals surface area contributed by atoms with Gasteiger partial charge >= 0.3 is 114 Å². The van der Waals surface area contributed by atoms with E-state index >= 15 is 0 Å². The molecule has 0 saturated heterocycles. The molecule has 0 N–H and O–H groups in total. The second-order valence-electron chi connectivity index (χ2n) is 0.192. The van der Waals surface area contributed by atoms with Gasteiger partial charge in [-0.1, -0.05) is 0 Å². The van der Waals surface area contributed by atoms with Crippen molar-refractivity contribution in [1.29, 1.82) is 0 Å². The zero-order chi connectivity index (χ0) is 5.41. The van der Waals surface area contributed by atoms with E-state index in [9.17, 15) is 0 Å². The Hall–Kier alpha value is 2.52. The molecule has 0 aromatic rings. The third kappa shape index (κ3) is 75.7. The van der Waals surface area contributed by atoms with Crippen LogP contribution in [0.1, 0.15) is 0 Å². The second kappa shape index (κ2) is 33.8. The van der Waals surface area contributed by atoms with E-state index in [0.29, 0.717) is 0 Å². The molecule has 0 saturated carbocycles. The van der Waals surface area contributed by atoms with Crippen LogP contribution in [0.2, 0.25) is 0 Å². The third-order valence-corrected chi connectivity index (χ3v) is 0. The predicted molar refractivity (Wildman–Crippen MR) is 25.8 cm³/mol. The average Bonchev–Trinajstić information content (AvgIpc) is 1.39. The fourth-order valence-electron chi connectivity index (χ4n) is 0. The van der Waals surface area contributed by atoms with Crippen LogP contribution < -0.4 is 8.32 Å². The summed E-state index contributed by atoms with van der Waals surface area (Å²) >= 11 is -3.50. The molecular formula is HAl2CaNaO4. The van der Waals surface area contributed by atoms with Crippen LogP contribution in [0.25, 0.3) is 0 Å². The molecule has 34 valence electrons. The van der Waals surface area contributed by atoms with Crippen molar-refractivity contribution in [1.82, 2.24) is 0 Å². The van der Waals surface area contributed by atoms with Crippen LogP contribution >= 0.6 is 0 Å². The van der Waals surface area contributed by atoms with Crippen LogP contribution in [0.3, 0.4) is 0 Å². The van der Waals surface area contributed by atoms with Gasteiger partial charge in [0, 0.05) is 0 Å². The number of rotatable bonds is 0. The van der Waals surface area contributed by atoms with Crippen molar-refractivity contribution in [3.8, 4) is 0 Å². The Morgan fingerprint density at radius 2 is 1.00 bits per heavy atom. The van der Waals surface area contributed by atoms with Gasteiger partial charge < -0.3 is 0 Å². The van der Waals surface area contributed by atoms with E-state index in [1.165, 1.54) is 0 Å². The summed E-state index contributed by atoms with van der Waals surface area (Å²) in [5.74, 6) is 0. The number of hydrogen-bond acceptors (Lipinski definition) is 4. The van der Waals surface area contributed by atoms with Crippen molar-refractivity contribution in [3.63, 3.8) is 0 Å². The van der Waals surface area contributed by atoms with Gasteiger partial charge in [0.2, 0.25) is 0 Å². The van der Waals surface area contributed by atoms with E-state index < -0.39 is 31.0 Å². The van der Waals surface area contributed by atoms with Crippen LogP contribution in [0.4, 0.5) is 0 Å². The fraction of sp³-hybridized carbons (Fsp3) is 0. The molecular weight excluding hydrogens is 181 g/mol. The molecule has 0 atom stereocenters. The molecule has 0 aliphatic rings. The van der Waals surface area contributed by atoms with E-state index in [1.807, 2.05) is 0 Å². The van der Waals surface area contributed by atoms with Gasteiger partial charge in [0.05, 0.1) is 0 Å². The molecule has 8 heavy (non-hydrogen) atoms. The summed E-state index contributed by atoms with van der Waals surface area (Å²) in [6, 6.07) is 0. The second-order valence-corrected chi connectivity index (χ2v) is 0.577. The van der Waals surface area contributed by atoms with E-state index in [2.05, 4.69) is 0 Å². The van der Waals surface area contributed by atoms with Crippen LogP contribution in [0.15, 0.2) is 0 Å². The van der Waals surface area contributed by atoms with Gasteiger partial charge in [-0.2, -0.15) is 0 Å². The molecule has 0 radical (unpaired) electrons. The maximum atomic E-state index is 8.46. The van der Waals surface area contributed by atoms with Crippen molar-refractivity contribution in [3.05, 3.63) is 0 Å². The van der Waals surface area contributed by atoms with Crippen LogP contribution in [0, 0.1) is 0 Å². The quantitative estimate of drug-likeness (QED) is 0.354. The van der Waals surface area contributed by atoms with Crippen LogP contribution in [-0.4, -0.2) is 98.3 Å². The molecule has 0 rings (SSSR count). The normalized spacial score (nSPS) is 2.00. The van der Waals surface area contributed by atoms with Gasteiger partial charge in [-0.3, -0.25) is 0 Å². The average molecular weight is 182 g/mol. The Balaban J connectivity index is -0.0000000160. The van der Waals surface area contributed by atoms with E-state index in [0.717, 1.165) is 0 Å². The first-order valence-electron chi connectivity index (χ1n) is 0.943. The number of hydrogen-bond donors (Lipinski definition) is 0. The van der Waals surface area contributed by atoms with Gasteiger partial charge in [0.25, 0.3) is 0 Å². The van der Waals surface area contributed by atoms with E-state index in [4.69, 9.17) is 15.9 Å². The predicted octanol–water partition coefficient (Wildman–Crippen LogP) is -4.41. The molecule has 0 bridgehead atoms. The first-order valence-corrected chi connectivity index (χ1v) is 2.83. The first kappa shape index (κ1) is 22.4. The van der Waals surface area contributed by atoms with Gasteiger partial charge in [0.15, 0.2) is 0 Å². The Labute approximate surface area is 112 Å². The van der Waals surface area contributed by atoms with Crippen molar-refractivity contribution < 1.29 is 15.9 Å². The zero-order valence-electron chi connectivity index (χ0n) is 3.49. The summed E-state index contributed by atoms with van der Waals surface area (Å²) in [5, 5.41) is 0. The van der Waals surface area contributed by atoms with Gasteiger partial charge in [-0.05, 0) is 0 Å². The van der Waals surface area contributed by atoms with Crippen molar-refractivity contribution in [2.45, 2.75) is 0 Å². The summed E-state index contributed by atoms with van der Waals surface area (Å²) in [4.78, 5) is 0. The fourth-order valence-corrected chi connectivity index (χ4v) is 0. The van der Waals surface area contributed by atoms with E-state index in [-0.39, 0.29) is 67.3 Å². The van der Waals surface area contributed by atoms with Crippen LogP contribution in [0.5, 0.6) is 0 Å². The molecule has 0 fully saturated rings. The zero-order valence-corrected chi connectivity index (χ0v) is 8.01. The minimum absolute atomic E-state index is 0. The standard InChI is InChI=1S/2Al.Ca.Na.4O.H/q;;+2;;;;2*-1;. The summed E-state index contributed by atoms with van der Waals surface area (Å²) < 4.78 is 33.8. The summed E-state index contributed by atoms with van der Waals surface area (Å²) in [7, 11) is 0. The van der Waals surface area contributed by atoms with Crippen molar-refractivity contribution in [2.75, 3.05) is 0 Å². The molecule has 0 spiro atoms. The van der Waals surface area contributed by atoms with E-state index in [1.54, 1.807) is 0 Å². The molecule has 4 nitrogen and oxygen atoms in total. The molecule has 0 heterocycles. The molecule has 8 heteroatoms. The SMILES string of the molecule is [Ca+2].[NaH].[O]=[Al][O-].[O]=[Al][O-]. The minimum atomic E-state index is -1.75. The summed E-state index contributed by atoms with van der Waals surface area (Å²) in [5.41, 5.74) is 0. The molecule has 0 unspecified atom stereocenters. The Morgan fingerprint density at radius 1 is 1.00 bits per heavy atom. The first-order chi connectivity index (χ1) is 2.83. The van der Waals surface area contributed by atoms with Crippen molar-refractivity contribution >= 4 is 98.3 Å².